The van der Waals surface area contributed by atoms with Crippen molar-refractivity contribution in [1.29, 1.82) is 0 Å². The quantitative estimate of drug-likeness (QED) is 0.163. The van der Waals surface area contributed by atoms with Gasteiger partial charge < -0.3 is 18.9 Å². The van der Waals surface area contributed by atoms with E-state index in [0.717, 1.165) is 26.8 Å². The summed E-state index contributed by atoms with van der Waals surface area (Å²) in [7, 11) is 4.25. The van der Waals surface area contributed by atoms with Gasteiger partial charge in [-0.2, -0.15) is 0 Å². The van der Waals surface area contributed by atoms with Crippen LogP contribution in [-0.2, 0) is 16.2 Å². The first-order chi connectivity index (χ1) is 20.7. The molecular formula is C32H26BrClN2O7. The maximum atomic E-state index is 13.6. The molecule has 43 heavy (non-hydrogen) atoms. The third-order valence-corrected chi connectivity index (χ3v) is 7.88. The Bertz CT molecular complexity index is 1820. The van der Waals surface area contributed by atoms with Gasteiger partial charge in [0.25, 0.3) is 11.8 Å². The third kappa shape index (κ3) is 5.76. The van der Waals surface area contributed by atoms with Gasteiger partial charge in [-0.3, -0.25) is 14.9 Å². The number of imide groups is 2. The van der Waals surface area contributed by atoms with Gasteiger partial charge in [-0.25, -0.2) is 9.69 Å². The number of hydrogen-bond acceptors (Lipinski definition) is 7. The van der Waals surface area contributed by atoms with Gasteiger partial charge in [-0.05, 0) is 63.0 Å². The number of ether oxygens (including phenoxy) is 4. The number of carbonyl (C=O) groups is 3. The average molecular weight is 666 g/mol. The van der Waals surface area contributed by atoms with Gasteiger partial charge in [0.05, 0.1) is 36.5 Å². The Morgan fingerprint density at radius 1 is 0.907 bits per heavy atom. The van der Waals surface area contributed by atoms with Gasteiger partial charge in [0.1, 0.15) is 23.7 Å². The maximum absolute atomic E-state index is 13.6. The van der Waals surface area contributed by atoms with E-state index in [1.54, 1.807) is 12.1 Å². The molecule has 4 aromatic carbocycles. The van der Waals surface area contributed by atoms with Gasteiger partial charge >= 0.3 is 6.03 Å². The maximum Gasteiger partial charge on any atom is 0.336 e. The summed E-state index contributed by atoms with van der Waals surface area (Å²) in [6, 6.07) is 17.4. The summed E-state index contributed by atoms with van der Waals surface area (Å²) >= 11 is 9.74. The number of nitrogens with zero attached hydrogens (tertiary/aromatic N) is 1. The standard InChI is InChI=1S/C32H26BrClN2O7/c1-17-9-10-19-7-5-6-8-20(19)22(17)16-43-29-23(33)12-18(13-28(29)42-4)11-21-30(37)35-32(39)36(31(21)38)25-15-26(40-2)24(34)14-27(25)41-3/h5-15H,16H2,1-4H3,(H,35,37,39)/b21-11+. The number of barbiturate groups is 1. The van der Waals surface area contributed by atoms with Gasteiger partial charge in [-0.1, -0.05) is 48.0 Å². The minimum atomic E-state index is -0.943. The first-order valence-electron chi connectivity index (χ1n) is 13.0. The zero-order valence-electron chi connectivity index (χ0n) is 23.6. The van der Waals surface area contributed by atoms with Crippen LogP contribution in [0, 0.1) is 6.92 Å². The van der Waals surface area contributed by atoms with Crippen LogP contribution >= 0.6 is 27.5 Å². The van der Waals surface area contributed by atoms with Gasteiger partial charge in [0.15, 0.2) is 11.5 Å². The van der Waals surface area contributed by atoms with Crippen molar-refractivity contribution in [3.05, 3.63) is 92.4 Å². The first-order valence-corrected chi connectivity index (χ1v) is 14.1. The number of aryl methyl sites for hydroxylation is 1. The molecule has 0 aliphatic carbocycles. The summed E-state index contributed by atoms with van der Waals surface area (Å²) < 4.78 is 23.0. The molecule has 1 heterocycles. The SMILES string of the molecule is COc1cc(N2C(=O)NC(=O)/C(=C\c3cc(Br)c(OCc4c(C)ccc5ccccc45)c(OC)c3)C2=O)c(OC)cc1Cl. The second kappa shape index (κ2) is 12.4. The first kappa shape index (κ1) is 29.9. The van der Waals surface area contributed by atoms with Crippen molar-refractivity contribution in [3.63, 3.8) is 0 Å². The summed E-state index contributed by atoms with van der Waals surface area (Å²) in [5.74, 6) is -0.545. The van der Waals surface area contributed by atoms with E-state index in [9.17, 15) is 14.4 Å². The van der Waals surface area contributed by atoms with E-state index >= 15 is 0 Å². The highest BCUT2D eigenvalue weighted by molar-refractivity contribution is 9.10. The van der Waals surface area contributed by atoms with E-state index in [0.29, 0.717) is 21.5 Å². The highest BCUT2D eigenvalue weighted by Gasteiger charge is 2.38. The number of hydrogen-bond donors (Lipinski definition) is 1. The van der Waals surface area contributed by atoms with Crippen LogP contribution in [0.2, 0.25) is 5.02 Å². The monoisotopic (exact) mass is 664 g/mol. The number of urea groups is 1. The van der Waals surface area contributed by atoms with Crippen LogP contribution in [0.15, 0.2) is 70.7 Å². The summed E-state index contributed by atoms with van der Waals surface area (Å²) in [6.07, 6.45) is 1.36. The minimum Gasteiger partial charge on any atom is -0.495 e. The molecule has 1 aliphatic rings. The van der Waals surface area contributed by atoms with Crippen LogP contribution < -0.4 is 29.2 Å². The molecule has 0 unspecified atom stereocenters. The zero-order valence-corrected chi connectivity index (χ0v) is 26.0. The summed E-state index contributed by atoms with van der Waals surface area (Å²) in [5.41, 5.74) is 2.35. The zero-order chi connectivity index (χ0) is 30.8. The number of benzene rings is 4. The number of methoxy groups -OCH3 is 3. The fourth-order valence-corrected chi connectivity index (χ4v) is 5.61. The molecule has 0 aromatic heterocycles. The van der Waals surface area contributed by atoms with E-state index < -0.39 is 17.8 Å². The Hall–Kier alpha value is -4.54. The van der Waals surface area contributed by atoms with Crippen LogP contribution in [0.3, 0.4) is 0 Å². The number of anilines is 1. The van der Waals surface area contributed by atoms with Crippen molar-refractivity contribution in [2.75, 3.05) is 26.2 Å². The number of halogens is 2. The molecule has 220 valence electrons. The van der Waals surface area contributed by atoms with Crippen molar-refractivity contribution in [2.24, 2.45) is 0 Å². The Morgan fingerprint density at radius 2 is 1.63 bits per heavy atom. The molecule has 0 saturated carbocycles. The molecule has 1 fully saturated rings. The molecule has 4 aromatic rings. The highest BCUT2D eigenvalue weighted by atomic mass is 79.9. The summed E-state index contributed by atoms with van der Waals surface area (Å²) in [6.45, 7) is 2.32. The van der Waals surface area contributed by atoms with Gasteiger partial charge in [-0.15, -0.1) is 0 Å². The second-order valence-electron chi connectivity index (χ2n) is 9.52. The fraction of sp³-hybridized carbons (Fsp3) is 0.156. The Morgan fingerprint density at radius 3 is 2.35 bits per heavy atom. The van der Waals surface area contributed by atoms with Gasteiger partial charge in [0.2, 0.25) is 0 Å². The lowest BCUT2D eigenvalue weighted by Gasteiger charge is -2.28. The topological polar surface area (TPSA) is 103 Å². The van der Waals surface area contributed by atoms with Gasteiger partial charge in [0, 0.05) is 17.7 Å². The molecule has 0 radical (unpaired) electrons. The lowest BCUT2D eigenvalue weighted by molar-refractivity contribution is -0.122. The smallest absolute Gasteiger partial charge is 0.336 e. The number of rotatable bonds is 8. The van der Waals surface area contributed by atoms with E-state index in [-0.39, 0.29) is 34.4 Å². The molecule has 9 nitrogen and oxygen atoms in total. The molecule has 1 N–H and O–H groups in total. The van der Waals surface area contributed by atoms with Crippen LogP contribution in [0.1, 0.15) is 16.7 Å². The molecule has 4 amide bonds. The molecular weight excluding hydrogens is 640 g/mol. The van der Waals surface area contributed by atoms with E-state index in [1.807, 2.05) is 25.1 Å². The number of fused-ring (bicyclic) bond motifs is 1. The van der Waals surface area contributed by atoms with Crippen LogP contribution in [0.5, 0.6) is 23.0 Å². The lowest BCUT2D eigenvalue weighted by Crippen LogP contribution is -2.54. The van der Waals surface area contributed by atoms with Crippen molar-refractivity contribution in [1.82, 2.24) is 5.32 Å². The molecule has 11 heteroatoms. The predicted octanol–water partition coefficient (Wildman–Crippen LogP) is 6.84. The molecule has 5 rings (SSSR count). The number of amides is 4. The van der Waals surface area contributed by atoms with Crippen molar-refractivity contribution < 1.29 is 33.3 Å². The highest BCUT2D eigenvalue weighted by Crippen LogP contribution is 2.41. The number of carbonyl (C=O) groups excluding carboxylic acids is 3. The Kier molecular flexibility index (Phi) is 8.61. The van der Waals surface area contributed by atoms with E-state index in [1.165, 1.54) is 39.5 Å². The average Bonchev–Trinajstić information content (AvgIpc) is 2.99. The van der Waals surface area contributed by atoms with Crippen LogP contribution in [0.25, 0.3) is 16.8 Å². The van der Waals surface area contributed by atoms with E-state index in [4.69, 9.17) is 30.5 Å². The van der Waals surface area contributed by atoms with E-state index in [2.05, 4.69) is 39.4 Å². The Labute approximate surface area is 261 Å². The van der Waals surface area contributed by atoms with Crippen molar-refractivity contribution >= 4 is 67.9 Å². The minimum absolute atomic E-state index is 0.0517. The summed E-state index contributed by atoms with van der Waals surface area (Å²) in [4.78, 5) is 40.1. The van der Waals surface area contributed by atoms with Crippen molar-refractivity contribution in [3.8, 4) is 23.0 Å². The molecule has 0 bridgehead atoms. The molecule has 0 spiro atoms. The van der Waals surface area contributed by atoms with Crippen LogP contribution in [0.4, 0.5) is 10.5 Å². The normalized spacial score (nSPS) is 14.2. The molecule has 0 atom stereocenters. The number of nitrogens with one attached hydrogen (secondary N) is 1. The Balaban J connectivity index is 1.49. The predicted molar refractivity (Wildman–Crippen MR) is 167 cm³/mol. The summed E-state index contributed by atoms with van der Waals surface area (Å²) in [5, 5.41) is 4.63. The lowest BCUT2D eigenvalue weighted by atomic mass is 10.0. The second-order valence-corrected chi connectivity index (χ2v) is 10.8. The van der Waals surface area contributed by atoms with Crippen molar-refractivity contribution in [2.45, 2.75) is 13.5 Å². The molecule has 1 aliphatic heterocycles. The third-order valence-electron chi connectivity index (χ3n) is 6.99. The fourth-order valence-electron chi connectivity index (χ4n) is 4.81. The molecule has 1 saturated heterocycles. The largest absolute Gasteiger partial charge is 0.495 e. The van der Waals surface area contributed by atoms with Crippen LogP contribution in [-0.4, -0.2) is 39.2 Å².